The summed E-state index contributed by atoms with van der Waals surface area (Å²) in [5.41, 5.74) is -0.701. The first-order chi connectivity index (χ1) is 16.8. The van der Waals surface area contributed by atoms with Crippen molar-refractivity contribution in [3.63, 3.8) is 0 Å². The molecule has 1 aromatic rings. The molecular weight excluding hydrogens is 526 g/mol. The smallest absolute Gasteiger partial charge is 0.246 e. The van der Waals surface area contributed by atoms with E-state index >= 15 is 0 Å². The lowest BCUT2D eigenvalue weighted by Gasteiger charge is -2.38. The molecule has 3 aliphatic rings. The van der Waals surface area contributed by atoms with E-state index in [1.54, 1.807) is 0 Å². The molecule has 3 N–H and O–H groups in total. The number of benzene rings is 1. The normalized spacial score (nSPS) is 31.5. The Labute approximate surface area is 221 Å². The number of hydrogen-bond acceptors (Lipinski definition) is 5. The largest absolute Gasteiger partial charge is 0.395 e. The SMILES string of the molecule is CC(C)(C)CC(C)(C)NC(=O)C1N(CCO)C(=O)[C@@H]2[C@H](C(=O)NCc3ccccc3)[C@H]3OC12CC3Br. The van der Waals surface area contributed by atoms with Gasteiger partial charge in [-0.3, -0.25) is 14.4 Å². The molecule has 0 aliphatic carbocycles. The molecule has 3 unspecified atom stereocenters. The van der Waals surface area contributed by atoms with Crippen molar-refractivity contribution in [2.45, 2.75) is 82.1 Å². The van der Waals surface area contributed by atoms with E-state index in [4.69, 9.17) is 4.74 Å². The second-order valence-corrected chi connectivity index (χ2v) is 13.4. The van der Waals surface area contributed by atoms with Crippen LogP contribution in [0.1, 0.15) is 53.0 Å². The fourth-order valence-corrected chi connectivity index (χ4v) is 7.70. The number of alkyl halides is 1. The van der Waals surface area contributed by atoms with Crippen LogP contribution in [0, 0.1) is 17.3 Å². The first-order valence-corrected chi connectivity index (χ1v) is 13.6. The average Bonchev–Trinajstić information content (AvgIpc) is 3.35. The minimum atomic E-state index is -1.12. The van der Waals surface area contributed by atoms with Crippen molar-refractivity contribution in [1.82, 2.24) is 15.5 Å². The van der Waals surface area contributed by atoms with Crippen molar-refractivity contribution >= 4 is 33.7 Å². The monoisotopic (exact) mass is 563 g/mol. The van der Waals surface area contributed by atoms with Crippen molar-refractivity contribution < 1.29 is 24.2 Å². The summed E-state index contributed by atoms with van der Waals surface area (Å²) in [5, 5.41) is 15.9. The van der Waals surface area contributed by atoms with Gasteiger partial charge in [0.05, 0.1) is 24.5 Å². The molecule has 8 nitrogen and oxygen atoms in total. The number of halogens is 1. The fraction of sp³-hybridized carbons (Fsp3) is 0.667. The van der Waals surface area contributed by atoms with E-state index in [1.165, 1.54) is 4.90 Å². The quantitative estimate of drug-likeness (QED) is 0.421. The van der Waals surface area contributed by atoms with Crippen LogP contribution < -0.4 is 10.6 Å². The molecule has 1 spiro atoms. The van der Waals surface area contributed by atoms with Crippen molar-refractivity contribution in [3.8, 4) is 0 Å². The molecule has 9 heteroatoms. The van der Waals surface area contributed by atoms with Gasteiger partial charge in [0.1, 0.15) is 11.6 Å². The van der Waals surface area contributed by atoms with Crippen LogP contribution in [0.25, 0.3) is 0 Å². The Bertz CT molecular complexity index is 1010. The molecule has 2 bridgehead atoms. The van der Waals surface area contributed by atoms with Gasteiger partial charge in [-0.25, -0.2) is 0 Å². The Kier molecular flexibility index (Phi) is 7.31. The van der Waals surface area contributed by atoms with Gasteiger partial charge in [0.2, 0.25) is 17.7 Å². The lowest BCUT2D eigenvalue weighted by Crippen LogP contribution is -2.60. The third-order valence-electron chi connectivity index (χ3n) is 7.42. The first-order valence-electron chi connectivity index (χ1n) is 12.7. The number of hydrogen-bond donors (Lipinski definition) is 3. The zero-order chi connectivity index (χ0) is 26.5. The Hall–Kier alpha value is -1.97. The summed E-state index contributed by atoms with van der Waals surface area (Å²) in [6.07, 6.45) is 0.664. The molecule has 6 atom stereocenters. The third-order valence-corrected chi connectivity index (χ3v) is 8.27. The number of carbonyl (C=O) groups is 3. The summed E-state index contributed by atoms with van der Waals surface area (Å²) >= 11 is 3.67. The van der Waals surface area contributed by atoms with Crippen LogP contribution in [0.5, 0.6) is 0 Å². The van der Waals surface area contributed by atoms with Crippen LogP contribution in [-0.4, -0.2) is 69.0 Å². The van der Waals surface area contributed by atoms with Gasteiger partial charge >= 0.3 is 0 Å². The first kappa shape index (κ1) is 27.1. The van der Waals surface area contributed by atoms with Gasteiger partial charge in [0.25, 0.3) is 0 Å². The standard InChI is InChI=1S/C27H38BrN3O5/c1-25(2,3)15-26(4,5)30-23(34)21-27-13-17(28)20(36-27)18(19(27)24(35)31(21)11-12-32)22(33)29-14-16-9-7-6-8-10-16/h6-10,17-21,32H,11-15H2,1-5H3,(H,29,33)(H,30,34)/t17?,18-,19-,20-,21?,27?/m0/s1. The molecular formula is C27H38BrN3O5. The van der Waals surface area contributed by atoms with Crippen LogP contribution in [-0.2, 0) is 25.7 Å². The molecule has 198 valence electrons. The molecule has 3 heterocycles. The zero-order valence-corrected chi connectivity index (χ0v) is 23.3. The second-order valence-electron chi connectivity index (χ2n) is 12.2. The summed E-state index contributed by atoms with van der Waals surface area (Å²) in [4.78, 5) is 42.2. The van der Waals surface area contributed by atoms with Crippen LogP contribution in [0.2, 0.25) is 0 Å². The molecule has 3 aliphatic heterocycles. The van der Waals surface area contributed by atoms with Gasteiger partial charge in [-0.05, 0) is 37.7 Å². The van der Waals surface area contributed by atoms with Gasteiger partial charge < -0.3 is 25.4 Å². The van der Waals surface area contributed by atoms with Gasteiger partial charge in [-0.2, -0.15) is 0 Å². The van der Waals surface area contributed by atoms with E-state index < -0.39 is 35.1 Å². The minimum absolute atomic E-state index is 0.00814. The Morgan fingerprint density at radius 1 is 1.17 bits per heavy atom. The van der Waals surface area contributed by atoms with E-state index in [0.717, 1.165) is 12.0 Å². The van der Waals surface area contributed by atoms with E-state index in [1.807, 2.05) is 44.2 Å². The fourth-order valence-electron chi connectivity index (χ4n) is 6.75. The lowest BCUT2D eigenvalue weighted by molar-refractivity contribution is -0.143. The molecule has 0 aromatic heterocycles. The number of nitrogens with zero attached hydrogens (tertiary/aromatic N) is 1. The van der Waals surface area contributed by atoms with Gasteiger partial charge in [0.15, 0.2) is 0 Å². The van der Waals surface area contributed by atoms with Crippen LogP contribution in [0.3, 0.4) is 0 Å². The van der Waals surface area contributed by atoms with Crippen LogP contribution in [0.15, 0.2) is 30.3 Å². The maximum absolute atomic E-state index is 13.8. The number of nitrogens with one attached hydrogen (secondary N) is 2. The summed E-state index contributed by atoms with van der Waals surface area (Å²) in [6.45, 7) is 10.4. The number of likely N-dealkylation sites (tertiary alicyclic amines) is 1. The molecule has 0 radical (unpaired) electrons. The summed E-state index contributed by atoms with van der Waals surface area (Å²) in [7, 11) is 0. The molecule has 36 heavy (non-hydrogen) atoms. The van der Waals surface area contributed by atoms with Crippen molar-refractivity contribution in [1.29, 1.82) is 0 Å². The maximum Gasteiger partial charge on any atom is 0.246 e. The number of rotatable bonds is 8. The zero-order valence-electron chi connectivity index (χ0n) is 21.7. The van der Waals surface area contributed by atoms with E-state index in [-0.39, 0.29) is 41.1 Å². The Morgan fingerprint density at radius 2 is 1.83 bits per heavy atom. The van der Waals surface area contributed by atoms with E-state index in [2.05, 4.69) is 47.3 Å². The lowest BCUT2D eigenvalue weighted by atomic mass is 9.70. The van der Waals surface area contributed by atoms with Crippen LogP contribution in [0.4, 0.5) is 0 Å². The topological polar surface area (TPSA) is 108 Å². The number of fused-ring (bicyclic) bond motifs is 1. The van der Waals surface area contributed by atoms with E-state index in [0.29, 0.717) is 13.0 Å². The second kappa shape index (κ2) is 9.72. The highest BCUT2D eigenvalue weighted by atomic mass is 79.9. The summed E-state index contributed by atoms with van der Waals surface area (Å²) in [5.74, 6) is -2.37. The number of aliphatic hydroxyl groups excluding tert-OH is 1. The Balaban J connectivity index is 1.61. The van der Waals surface area contributed by atoms with Gasteiger partial charge in [-0.1, -0.05) is 67.0 Å². The van der Waals surface area contributed by atoms with Crippen molar-refractivity contribution in [2.75, 3.05) is 13.2 Å². The predicted octanol–water partition coefficient (Wildman–Crippen LogP) is 2.37. The van der Waals surface area contributed by atoms with Crippen LogP contribution >= 0.6 is 15.9 Å². The van der Waals surface area contributed by atoms with Crippen molar-refractivity contribution in [3.05, 3.63) is 35.9 Å². The number of aliphatic hydroxyl groups is 1. The molecule has 0 saturated carbocycles. The number of ether oxygens (including phenoxy) is 1. The minimum Gasteiger partial charge on any atom is -0.395 e. The third kappa shape index (κ3) is 4.94. The highest BCUT2D eigenvalue weighted by molar-refractivity contribution is 9.09. The molecule has 4 rings (SSSR count). The van der Waals surface area contributed by atoms with Gasteiger partial charge in [0, 0.05) is 23.5 Å². The molecule has 1 aromatic carbocycles. The van der Waals surface area contributed by atoms with Gasteiger partial charge in [-0.15, -0.1) is 0 Å². The summed E-state index contributed by atoms with van der Waals surface area (Å²) in [6, 6.07) is 8.66. The Morgan fingerprint density at radius 3 is 2.44 bits per heavy atom. The maximum atomic E-state index is 13.8. The highest BCUT2D eigenvalue weighted by Gasteiger charge is 2.76. The number of amides is 3. The van der Waals surface area contributed by atoms with E-state index in [9.17, 15) is 19.5 Å². The van der Waals surface area contributed by atoms with Crippen molar-refractivity contribution in [2.24, 2.45) is 17.3 Å². The molecule has 3 saturated heterocycles. The number of carbonyl (C=O) groups excluding carboxylic acids is 3. The molecule has 3 fully saturated rings. The number of β-amino-alcohol motifs (C(OH)–C–C–N with tert-alkyl or cyclic N) is 1. The molecule has 3 amide bonds. The highest BCUT2D eigenvalue weighted by Crippen LogP contribution is 2.60. The average molecular weight is 565 g/mol. The predicted molar refractivity (Wildman–Crippen MR) is 139 cm³/mol. The summed E-state index contributed by atoms with van der Waals surface area (Å²) < 4.78 is 6.47.